The number of carbonyl (C=O) groups excluding carboxylic acids is 4. The van der Waals surface area contributed by atoms with Gasteiger partial charge in [-0.1, -0.05) is 31.4 Å². The van der Waals surface area contributed by atoms with E-state index in [9.17, 15) is 19.2 Å². The van der Waals surface area contributed by atoms with Gasteiger partial charge in [0.1, 0.15) is 0 Å². The third-order valence-electron chi connectivity index (χ3n) is 11.4. The maximum Gasteiger partial charge on any atom is 0.346 e. The zero-order chi connectivity index (χ0) is 30.8. The summed E-state index contributed by atoms with van der Waals surface area (Å²) in [5.41, 5.74) is 3.94. The molecule has 0 radical (unpaired) electrons. The van der Waals surface area contributed by atoms with E-state index in [1.165, 1.54) is 0 Å². The molecule has 1 saturated carbocycles. The van der Waals surface area contributed by atoms with Crippen molar-refractivity contribution >= 4 is 78.2 Å². The van der Waals surface area contributed by atoms with Crippen molar-refractivity contribution < 1.29 is 23.9 Å². The molecule has 230 valence electrons. The number of cyclic esters (lactones) is 2. The molecule has 0 spiro atoms. The molecule has 1 aliphatic carbocycles. The van der Waals surface area contributed by atoms with Gasteiger partial charge in [0.25, 0.3) is 11.8 Å². The number of hydrogen-bond acceptors (Lipinski definition) is 7. The first-order valence-electron chi connectivity index (χ1n) is 16.9. The van der Waals surface area contributed by atoms with Crippen molar-refractivity contribution in [2.45, 2.75) is 63.8 Å². The van der Waals surface area contributed by atoms with Gasteiger partial charge in [-0.25, -0.2) is 9.59 Å². The van der Waals surface area contributed by atoms with Crippen molar-refractivity contribution in [3.05, 3.63) is 58.7 Å². The Bertz CT molecular complexity index is 2220. The Morgan fingerprint density at radius 1 is 0.500 bits per heavy atom. The predicted molar refractivity (Wildman–Crippen MR) is 178 cm³/mol. The number of fused-ring (bicyclic) bond motifs is 2. The molecule has 2 amide bonds. The molecule has 5 aromatic carbocycles. The van der Waals surface area contributed by atoms with Crippen molar-refractivity contribution in [3.63, 3.8) is 0 Å². The number of ether oxygens (including phenoxy) is 1. The van der Waals surface area contributed by atoms with Gasteiger partial charge in [-0.05, 0) is 73.6 Å². The molecule has 46 heavy (non-hydrogen) atoms. The van der Waals surface area contributed by atoms with Crippen molar-refractivity contribution in [1.29, 1.82) is 0 Å². The minimum Gasteiger partial charge on any atom is -0.386 e. The highest BCUT2D eigenvalue weighted by Crippen LogP contribution is 2.52. The van der Waals surface area contributed by atoms with E-state index < -0.39 is 11.9 Å². The Labute approximate surface area is 265 Å². The highest BCUT2D eigenvalue weighted by molar-refractivity contribution is 6.44. The second kappa shape index (κ2) is 9.41. The topological polar surface area (TPSA) is 87.2 Å². The summed E-state index contributed by atoms with van der Waals surface area (Å²) in [5.74, 6) is -1.62. The predicted octanol–water partition coefficient (Wildman–Crippen LogP) is 7.18. The summed E-state index contributed by atoms with van der Waals surface area (Å²) in [6.07, 6.45) is 9.14. The van der Waals surface area contributed by atoms with Gasteiger partial charge in [-0.15, -0.1) is 0 Å². The summed E-state index contributed by atoms with van der Waals surface area (Å²) in [6.45, 7) is 3.48. The standard InChI is InChI=1S/C38H33N3O5/c42-35-23-12-10-21-32-28(40-16-6-7-17-40)19-26-30-24(37(44)46-38(26)45)13-11-22(34(30)32)31-27(39-14-4-5-15-39)18-25(29(23)33(21)31)36(43)41(35)20-8-2-1-3-9-20/h10-13,18-20H,1-9,14-17H2. The van der Waals surface area contributed by atoms with Crippen LogP contribution < -0.4 is 9.80 Å². The van der Waals surface area contributed by atoms with Gasteiger partial charge in [0.15, 0.2) is 0 Å². The molecular formula is C38H33N3O5. The number of hydrogen-bond donors (Lipinski definition) is 0. The van der Waals surface area contributed by atoms with E-state index in [-0.39, 0.29) is 17.9 Å². The maximum atomic E-state index is 14.5. The average molecular weight is 612 g/mol. The van der Waals surface area contributed by atoms with E-state index in [2.05, 4.69) is 15.9 Å². The minimum absolute atomic E-state index is 0.0737. The zero-order valence-corrected chi connectivity index (χ0v) is 25.6. The number of anilines is 2. The van der Waals surface area contributed by atoms with Gasteiger partial charge in [0, 0.05) is 81.5 Å². The quantitative estimate of drug-likeness (QED) is 0.0702. The number of amides is 2. The molecule has 8 heteroatoms. The van der Waals surface area contributed by atoms with Gasteiger partial charge in [0.2, 0.25) is 0 Å². The second-order valence-corrected chi connectivity index (χ2v) is 13.8. The van der Waals surface area contributed by atoms with E-state index in [4.69, 9.17) is 4.74 Å². The third-order valence-corrected chi connectivity index (χ3v) is 11.4. The van der Waals surface area contributed by atoms with Crippen LogP contribution in [-0.2, 0) is 4.74 Å². The molecule has 0 N–H and O–H groups in total. The summed E-state index contributed by atoms with van der Waals surface area (Å²) in [4.78, 5) is 61.5. The largest absolute Gasteiger partial charge is 0.386 e. The smallest absolute Gasteiger partial charge is 0.346 e. The van der Waals surface area contributed by atoms with Gasteiger partial charge in [0.05, 0.1) is 16.7 Å². The summed E-state index contributed by atoms with van der Waals surface area (Å²) in [7, 11) is 0. The lowest BCUT2D eigenvalue weighted by atomic mass is 9.80. The molecule has 8 nitrogen and oxygen atoms in total. The Kier molecular flexibility index (Phi) is 5.42. The first-order valence-corrected chi connectivity index (χ1v) is 16.9. The normalized spacial score (nSPS) is 20.5. The highest BCUT2D eigenvalue weighted by atomic mass is 16.6. The first kappa shape index (κ1) is 26.5. The lowest BCUT2D eigenvalue weighted by molar-refractivity contribution is 0.0389. The van der Waals surface area contributed by atoms with E-state index in [0.717, 1.165) is 133 Å². The van der Waals surface area contributed by atoms with Crippen LogP contribution in [0.5, 0.6) is 0 Å². The van der Waals surface area contributed by atoms with Gasteiger partial charge >= 0.3 is 11.9 Å². The van der Waals surface area contributed by atoms with Crippen LogP contribution in [0.25, 0.3) is 43.1 Å². The Morgan fingerprint density at radius 3 is 1.61 bits per heavy atom. The van der Waals surface area contributed by atoms with Crippen molar-refractivity contribution in [3.8, 4) is 0 Å². The number of nitrogens with zero attached hydrogens (tertiary/aromatic N) is 3. The summed E-state index contributed by atoms with van der Waals surface area (Å²) in [6, 6.07) is 11.6. The Balaban J connectivity index is 1.39. The molecule has 0 unspecified atom stereocenters. The van der Waals surface area contributed by atoms with E-state index in [1.54, 1.807) is 11.0 Å². The molecule has 4 aliphatic heterocycles. The summed E-state index contributed by atoms with van der Waals surface area (Å²) in [5, 5.41) is 7.03. The number of imide groups is 1. The lowest BCUT2D eigenvalue weighted by Gasteiger charge is -2.37. The molecular weight excluding hydrogens is 578 g/mol. The Morgan fingerprint density at radius 2 is 1.00 bits per heavy atom. The number of benzene rings is 5. The fraction of sp³-hybridized carbons (Fsp3) is 0.368. The van der Waals surface area contributed by atoms with Crippen LogP contribution in [0, 0.1) is 0 Å². The van der Waals surface area contributed by atoms with Crippen molar-refractivity contribution in [1.82, 2.24) is 4.90 Å². The SMILES string of the molecule is O=C1OC(=O)c2cc(N3CCCC3)c3c4ccc5c6c(cc(N7CCCC7)c(c7ccc1c2c73)c64)C(=O)N(C1CCCCC1)C5=O. The molecule has 10 rings (SSSR count). The molecule has 5 aliphatic rings. The van der Waals surface area contributed by atoms with Crippen LogP contribution in [0.15, 0.2) is 36.4 Å². The lowest BCUT2D eigenvalue weighted by Crippen LogP contribution is -2.47. The van der Waals surface area contributed by atoms with Crippen LogP contribution >= 0.6 is 0 Å². The molecule has 0 bridgehead atoms. The van der Waals surface area contributed by atoms with Gasteiger partial charge in [-0.2, -0.15) is 0 Å². The second-order valence-electron chi connectivity index (χ2n) is 13.8. The number of rotatable bonds is 3. The Hall–Kier alpha value is -4.72. The van der Waals surface area contributed by atoms with Crippen LogP contribution in [0.3, 0.4) is 0 Å². The summed E-state index contributed by atoms with van der Waals surface area (Å²) >= 11 is 0. The number of esters is 2. The monoisotopic (exact) mass is 611 g/mol. The third kappa shape index (κ3) is 3.34. The molecule has 3 fully saturated rings. The fourth-order valence-corrected chi connectivity index (χ4v) is 9.37. The number of carbonyl (C=O) groups is 4. The fourth-order valence-electron chi connectivity index (χ4n) is 9.37. The van der Waals surface area contributed by atoms with Crippen molar-refractivity contribution in [2.75, 3.05) is 36.0 Å². The van der Waals surface area contributed by atoms with E-state index >= 15 is 0 Å². The molecule has 0 atom stereocenters. The van der Waals surface area contributed by atoms with Crippen LogP contribution in [-0.4, -0.2) is 60.9 Å². The van der Waals surface area contributed by atoms with Crippen LogP contribution in [0.4, 0.5) is 11.4 Å². The first-order chi connectivity index (χ1) is 22.5. The molecule has 0 aromatic heterocycles. The van der Waals surface area contributed by atoms with Crippen molar-refractivity contribution in [2.24, 2.45) is 0 Å². The zero-order valence-electron chi connectivity index (χ0n) is 25.6. The van der Waals surface area contributed by atoms with Crippen LogP contribution in [0.1, 0.15) is 99.2 Å². The maximum absolute atomic E-state index is 14.5. The minimum atomic E-state index is -0.626. The van der Waals surface area contributed by atoms with Gasteiger partial charge < -0.3 is 14.5 Å². The average Bonchev–Trinajstić information content (AvgIpc) is 3.81. The van der Waals surface area contributed by atoms with E-state index in [1.807, 2.05) is 24.3 Å². The van der Waals surface area contributed by atoms with Crippen LogP contribution in [0.2, 0.25) is 0 Å². The van der Waals surface area contributed by atoms with E-state index in [0.29, 0.717) is 27.6 Å². The molecule has 2 saturated heterocycles. The molecule has 5 aromatic rings. The highest BCUT2D eigenvalue weighted by Gasteiger charge is 2.41. The van der Waals surface area contributed by atoms with Gasteiger partial charge in [-0.3, -0.25) is 14.5 Å². The summed E-state index contributed by atoms with van der Waals surface area (Å²) < 4.78 is 5.24. The molecule has 4 heterocycles.